The number of aliphatic hydroxyl groups excluding tert-OH is 1. The van der Waals surface area contributed by atoms with Crippen LogP contribution in [0.3, 0.4) is 0 Å². The van der Waals surface area contributed by atoms with E-state index in [1.54, 1.807) is 0 Å². The van der Waals surface area contributed by atoms with E-state index in [1.807, 2.05) is 0 Å². The summed E-state index contributed by atoms with van der Waals surface area (Å²) in [6.45, 7) is 0.837. The van der Waals surface area contributed by atoms with Crippen LogP contribution in [0.2, 0.25) is 0 Å². The Kier molecular flexibility index (Phi) is 3.85. The molecule has 1 amide bonds. The fourth-order valence-corrected chi connectivity index (χ4v) is 2.88. The Labute approximate surface area is 97.6 Å². The molecule has 2 aliphatic rings. The number of aliphatic hydroxyl groups is 1. The molecule has 0 heterocycles. The molecule has 0 aromatic carbocycles. The van der Waals surface area contributed by atoms with Gasteiger partial charge in [0.2, 0.25) is 5.91 Å². The van der Waals surface area contributed by atoms with Crippen LogP contribution in [0.4, 0.5) is 0 Å². The van der Waals surface area contributed by atoms with Gasteiger partial charge in [-0.25, -0.2) is 0 Å². The standard InChI is InChI=1S/C13H23NO2/c15-10-13(7-4-8-13)12(16)14-9-11-5-2-1-3-6-11/h11,15H,1-10H2,(H,14,16). The van der Waals surface area contributed by atoms with Crippen LogP contribution in [0.5, 0.6) is 0 Å². The number of carbonyl (C=O) groups excluding carboxylic acids is 1. The Balaban J connectivity index is 1.74. The van der Waals surface area contributed by atoms with Crippen molar-refractivity contribution >= 4 is 5.91 Å². The molecule has 0 aliphatic heterocycles. The number of carbonyl (C=O) groups is 1. The number of hydrogen-bond donors (Lipinski definition) is 2. The van der Waals surface area contributed by atoms with Gasteiger partial charge in [-0.1, -0.05) is 25.7 Å². The van der Waals surface area contributed by atoms with E-state index in [4.69, 9.17) is 0 Å². The van der Waals surface area contributed by atoms with Crippen molar-refractivity contribution in [3.05, 3.63) is 0 Å². The number of hydrogen-bond acceptors (Lipinski definition) is 2. The summed E-state index contributed by atoms with van der Waals surface area (Å²) >= 11 is 0. The summed E-state index contributed by atoms with van der Waals surface area (Å²) in [6.07, 6.45) is 9.29. The molecule has 92 valence electrons. The fraction of sp³-hybridized carbons (Fsp3) is 0.923. The van der Waals surface area contributed by atoms with Crippen molar-refractivity contribution in [2.75, 3.05) is 13.2 Å². The van der Waals surface area contributed by atoms with E-state index in [1.165, 1.54) is 32.1 Å². The summed E-state index contributed by atoms with van der Waals surface area (Å²) in [7, 11) is 0. The maximum absolute atomic E-state index is 11.9. The zero-order valence-electron chi connectivity index (χ0n) is 10.0. The van der Waals surface area contributed by atoms with Gasteiger partial charge in [-0.3, -0.25) is 4.79 Å². The van der Waals surface area contributed by atoms with Gasteiger partial charge in [0, 0.05) is 6.54 Å². The van der Waals surface area contributed by atoms with Gasteiger partial charge < -0.3 is 10.4 Å². The van der Waals surface area contributed by atoms with Gasteiger partial charge in [0.05, 0.1) is 12.0 Å². The second-order valence-corrected chi connectivity index (χ2v) is 5.51. The third kappa shape index (κ3) is 2.40. The van der Waals surface area contributed by atoms with E-state index in [0.29, 0.717) is 5.92 Å². The molecular formula is C13H23NO2. The Morgan fingerprint density at radius 1 is 1.19 bits per heavy atom. The van der Waals surface area contributed by atoms with Crippen LogP contribution < -0.4 is 5.32 Å². The van der Waals surface area contributed by atoms with Gasteiger partial charge >= 0.3 is 0 Å². The van der Waals surface area contributed by atoms with Crippen LogP contribution in [-0.2, 0) is 4.79 Å². The summed E-state index contributed by atoms with van der Waals surface area (Å²) in [6, 6.07) is 0. The highest BCUT2D eigenvalue weighted by molar-refractivity contribution is 5.83. The highest BCUT2D eigenvalue weighted by atomic mass is 16.3. The van der Waals surface area contributed by atoms with E-state index in [0.717, 1.165) is 25.8 Å². The number of nitrogens with one attached hydrogen (secondary N) is 1. The van der Waals surface area contributed by atoms with E-state index in [9.17, 15) is 9.90 Å². The van der Waals surface area contributed by atoms with Crippen LogP contribution in [-0.4, -0.2) is 24.2 Å². The molecule has 0 unspecified atom stereocenters. The van der Waals surface area contributed by atoms with Crippen molar-refractivity contribution in [3.63, 3.8) is 0 Å². The highest BCUT2D eigenvalue weighted by Gasteiger charge is 2.43. The average molecular weight is 225 g/mol. The van der Waals surface area contributed by atoms with Crippen molar-refractivity contribution in [2.45, 2.75) is 51.4 Å². The van der Waals surface area contributed by atoms with Crippen LogP contribution in [0.1, 0.15) is 51.4 Å². The van der Waals surface area contributed by atoms with Gasteiger partial charge in [0.15, 0.2) is 0 Å². The molecular weight excluding hydrogens is 202 g/mol. The van der Waals surface area contributed by atoms with Crippen LogP contribution in [0.25, 0.3) is 0 Å². The summed E-state index contributed by atoms with van der Waals surface area (Å²) in [5.41, 5.74) is -0.422. The monoisotopic (exact) mass is 225 g/mol. The molecule has 16 heavy (non-hydrogen) atoms. The SMILES string of the molecule is O=C(NCC1CCCCC1)C1(CO)CCC1. The van der Waals surface area contributed by atoms with Gasteiger partial charge in [0.1, 0.15) is 0 Å². The van der Waals surface area contributed by atoms with Gasteiger partial charge in [0.25, 0.3) is 0 Å². The second-order valence-electron chi connectivity index (χ2n) is 5.51. The molecule has 0 radical (unpaired) electrons. The van der Waals surface area contributed by atoms with Crippen molar-refractivity contribution in [1.82, 2.24) is 5.32 Å². The molecule has 2 fully saturated rings. The second kappa shape index (κ2) is 5.17. The normalized spacial score (nSPS) is 24.8. The van der Waals surface area contributed by atoms with Crippen molar-refractivity contribution in [1.29, 1.82) is 0 Å². The van der Waals surface area contributed by atoms with Gasteiger partial charge in [-0.05, 0) is 31.6 Å². The Bertz CT molecular complexity index is 237. The summed E-state index contributed by atoms with van der Waals surface area (Å²) in [4.78, 5) is 11.9. The molecule has 2 N–H and O–H groups in total. The summed E-state index contributed by atoms with van der Waals surface area (Å²) in [5.74, 6) is 0.764. The molecule has 3 nitrogen and oxygen atoms in total. The van der Waals surface area contributed by atoms with Crippen LogP contribution in [0.15, 0.2) is 0 Å². The molecule has 0 atom stereocenters. The van der Waals surface area contributed by atoms with Crippen molar-refractivity contribution in [2.24, 2.45) is 11.3 Å². The predicted molar refractivity (Wildman–Crippen MR) is 63.0 cm³/mol. The molecule has 0 aromatic rings. The smallest absolute Gasteiger partial charge is 0.228 e. The largest absolute Gasteiger partial charge is 0.395 e. The first kappa shape index (κ1) is 11.9. The quantitative estimate of drug-likeness (QED) is 0.767. The van der Waals surface area contributed by atoms with E-state index in [-0.39, 0.29) is 12.5 Å². The van der Waals surface area contributed by atoms with Crippen molar-refractivity contribution < 1.29 is 9.90 Å². The minimum Gasteiger partial charge on any atom is -0.395 e. The van der Waals surface area contributed by atoms with Gasteiger partial charge in [-0.15, -0.1) is 0 Å². The topological polar surface area (TPSA) is 49.3 Å². The molecule has 0 bridgehead atoms. The zero-order chi connectivity index (χ0) is 11.4. The Morgan fingerprint density at radius 3 is 2.38 bits per heavy atom. The fourth-order valence-electron chi connectivity index (χ4n) is 2.88. The summed E-state index contributed by atoms with van der Waals surface area (Å²) < 4.78 is 0. The first-order chi connectivity index (χ1) is 7.77. The molecule has 2 aliphatic carbocycles. The lowest BCUT2D eigenvalue weighted by molar-refractivity contribution is -0.139. The van der Waals surface area contributed by atoms with E-state index >= 15 is 0 Å². The van der Waals surface area contributed by atoms with E-state index in [2.05, 4.69) is 5.32 Å². The molecule has 2 rings (SSSR count). The zero-order valence-corrected chi connectivity index (χ0v) is 10.0. The third-order valence-electron chi connectivity index (χ3n) is 4.37. The molecule has 0 spiro atoms. The molecule has 0 saturated heterocycles. The number of amides is 1. The third-order valence-corrected chi connectivity index (χ3v) is 4.37. The first-order valence-electron chi connectivity index (χ1n) is 6.66. The van der Waals surface area contributed by atoms with Gasteiger partial charge in [-0.2, -0.15) is 0 Å². The minimum absolute atomic E-state index is 0.0174. The Morgan fingerprint density at radius 2 is 1.88 bits per heavy atom. The number of rotatable bonds is 4. The average Bonchev–Trinajstić information content (AvgIpc) is 2.27. The lowest BCUT2D eigenvalue weighted by atomic mass is 9.68. The maximum atomic E-state index is 11.9. The minimum atomic E-state index is -0.422. The van der Waals surface area contributed by atoms with Crippen LogP contribution >= 0.6 is 0 Å². The lowest BCUT2D eigenvalue weighted by Crippen LogP contribution is -2.49. The molecule has 3 heteroatoms. The Hall–Kier alpha value is -0.570. The highest BCUT2D eigenvalue weighted by Crippen LogP contribution is 2.40. The van der Waals surface area contributed by atoms with Crippen molar-refractivity contribution in [3.8, 4) is 0 Å². The molecule has 2 saturated carbocycles. The maximum Gasteiger partial charge on any atom is 0.228 e. The molecule has 0 aromatic heterocycles. The first-order valence-corrected chi connectivity index (χ1v) is 6.66. The van der Waals surface area contributed by atoms with Crippen LogP contribution in [0, 0.1) is 11.3 Å². The van der Waals surface area contributed by atoms with E-state index < -0.39 is 5.41 Å². The lowest BCUT2D eigenvalue weighted by Gasteiger charge is -2.38. The predicted octanol–water partition coefficient (Wildman–Crippen LogP) is 1.85. The summed E-state index contributed by atoms with van der Waals surface area (Å²) in [5, 5.41) is 12.3.